The zero-order valence-electron chi connectivity index (χ0n) is 11.8. The molecule has 1 aliphatic heterocycles. The molecule has 0 aromatic carbocycles. The summed E-state index contributed by atoms with van der Waals surface area (Å²) in [5.41, 5.74) is 0. The molecule has 0 bridgehead atoms. The van der Waals surface area contributed by atoms with Crippen molar-refractivity contribution >= 4 is 14.6 Å². The average Bonchev–Trinajstić information content (AvgIpc) is 2.25. The Labute approximate surface area is 106 Å². The van der Waals surface area contributed by atoms with E-state index in [-0.39, 0.29) is 17.2 Å². The molecule has 0 aromatic heterocycles. The van der Waals surface area contributed by atoms with Crippen LogP contribution in [-0.2, 0) is 14.0 Å². The van der Waals surface area contributed by atoms with Crippen molar-refractivity contribution in [2.75, 3.05) is 6.61 Å². The van der Waals surface area contributed by atoms with E-state index in [0.29, 0.717) is 0 Å². The van der Waals surface area contributed by atoms with E-state index in [2.05, 4.69) is 33.9 Å². The highest BCUT2D eigenvalue weighted by atomic mass is 28.4. The lowest BCUT2D eigenvalue weighted by atomic mass is 10.1. The average molecular weight is 258 g/mol. The van der Waals surface area contributed by atoms with Gasteiger partial charge in [0.25, 0.3) is 0 Å². The number of aldehydes is 1. The Bertz CT molecular complexity index is 252. The first-order valence-corrected chi connectivity index (χ1v) is 9.43. The van der Waals surface area contributed by atoms with E-state index < -0.39 is 8.32 Å². The fourth-order valence-electron chi connectivity index (χ4n) is 1.73. The van der Waals surface area contributed by atoms with Crippen molar-refractivity contribution in [1.29, 1.82) is 0 Å². The second-order valence-electron chi connectivity index (χ2n) is 6.38. The quantitative estimate of drug-likeness (QED) is 0.574. The summed E-state index contributed by atoms with van der Waals surface area (Å²) in [6, 6.07) is 0. The van der Waals surface area contributed by atoms with Gasteiger partial charge in [-0.05, 0) is 37.4 Å². The van der Waals surface area contributed by atoms with Gasteiger partial charge in [0.2, 0.25) is 0 Å². The maximum Gasteiger partial charge on any atom is 0.193 e. The van der Waals surface area contributed by atoms with Crippen molar-refractivity contribution in [3.05, 3.63) is 0 Å². The molecule has 0 amide bonds. The van der Waals surface area contributed by atoms with E-state index in [1.54, 1.807) is 0 Å². The molecular weight excluding hydrogens is 232 g/mol. The fourth-order valence-corrected chi connectivity index (χ4v) is 2.97. The summed E-state index contributed by atoms with van der Waals surface area (Å²) in [6.45, 7) is 11.7. The third kappa shape index (κ3) is 3.90. The number of carbonyl (C=O) groups is 1. The molecular formula is C13H26O3Si. The summed E-state index contributed by atoms with van der Waals surface area (Å²) in [4.78, 5) is 11.2. The zero-order valence-corrected chi connectivity index (χ0v) is 12.8. The van der Waals surface area contributed by atoms with E-state index in [0.717, 1.165) is 32.2 Å². The minimum absolute atomic E-state index is 0.0321. The van der Waals surface area contributed by atoms with E-state index >= 15 is 0 Å². The van der Waals surface area contributed by atoms with Gasteiger partial charge in [-0.3, -0.25) is 0 Å². The van der Waals surface area contributed by atoms with E-state index in [1.807, 2.05) is 0 Å². The molecule has 3 nitrogen and oxygen atoms in total. The van der Waals surface area contributed by atoms with Crippen LogP contribution in [-0.4, -0.2) is 33.4 Å². The first-order valence-electron chi connectivity index (χ1n) is 6.52. The standard InChI is InChI=1S/C13H26O3Si/c1-13(2,3)17(4,5)16-12(10-14)11-8-6-7-9-15-11/h10-12H,6-9H2,1-5H3/t11-,12+/m1/s1. The fraction of sp³-hybridized carbons (Fsp3) is 0.923. The number of hydrogen-bond donors (Lipinski definition) is 0. The van der Waals surface area contributed by atoms with Gasteiger partial charge in [-0.25, -0.2) is 0 Å². The Hall–Kier alpha value is -0.193. The monoisotopic (exact) mass is 258 g/mol. The van der Waals surface area contributed by atoms with Crippen LogP contribution in [0.5, 0.6) is 0 Å². The second kappa shape index (κ2) is 5.63. The van der Waals surface area contributed by atoms with Gasteiger partial charge in [0.05, 0.1) is 6.10 Å². The highest BCUT2D eigenvalue weighted by molar-refractivity contribution is 6.74. The van der Waals surface area contributed by atoms with Gasteiger partial charge in [-0.1, -0.05) is 20.8 Å². The second-order valence-corrected chi connectivity index (χ2v) is 11.1. The molecule has 0 aliphatic carbocycles. The first kappa shape index (κ1) is 14.9. The van der Waals surface area contributed by atoms with Crippen LogP contribution in [0.4, 0.5) is 0 Å². The summed E-state index contributed by atoms with van der Waals surface area (Å²) in [7, 11) is -1.88. The SMILES string of the molecule is CC(C)(C)[Si](C)(C)O[C@@H](C=O)[C@H]1CCCCO1. The molecule has 0 N–H and O–H groups in total. The van der Waals surface area contributed by atoms with Crippen LogP contribution in [0.2, 0.25) is 18.1 Å². The van der Waals surface area contributed by atoms with Crippen LogP contribution in [0.3, 0.4) is 0 Å². The van der Waals surface area contributed by atoms with Gasteiger partial charge in [-0.2, -0.15) is 0 Å². The smallest absolute Gasteiger partial charge is 0.193 e. The Morgan fingerprint density at radius 3 is 2.41 bits per heavy atom. The molecule has 100 valence electrons. The minimum Gasteiger partial charge on any atom is -0.405 e. The molecule has 17 heavy (non-hydrogen) atoms. The Balaban J connectivity index is 2.65. The van der Waals surface area contributed by atoms with Crippen molar-refractivity contribution < 1.29 is 14.0 Å². The number of hydrogen-bond acceptors (Lipinski definition) is 3. The Morgan fingerprint density at radius 2 is 2.00 bits per heavy atom. The van der Waals surface area contributed by atoms with Crippen molar-refractivity contribution in [2.45, 2.75) is 70.4 Å². The van der Waals surface area contributed by atoms with Gasteiger partial charge >= 0.3 is 0 Å². The topological polar surface area (TPSA) is 35.5 Å². The minimum atomic E-state index is -1.88. The maximum atomic E-state index is 11.2. The first-order chi connectivity index (χ1) is 7.78. The number of carbonyl (C=O) groups excluding carboxylic acids is 1. The van der Waals surface area contributed by atoms with Crippen LogP contribution in [0.15, 0.2) is 0 Å². The van der Waals surface area contributed by atoms with Gasteiger partial charge in [0.1, 0.15) is 12.4 Å². The molecule has 4 heteroatoms. The summed E-state index contributed by atoms with van der Waals surface area (Å²) in [5.74, 6) is 0. The molecule has 1 fully saturated rings. The van der Waals surface area contributed by atoms with Crippen molar-refractivity contribution in [2.24, 2.45) is 0 Å². The summed E-state index contributed by atoms with van der Waals surface area (Å²) >= 11 is 0. The normalized spacial score (nSPS) is 24.4. The lowest BCUT2D eigenvalue weighted by Gasteiger charge is -2.40. The van der Waals surface area contributed by atoms with E-state index in [4.69, 9.17) is 9.16 Å². The van der Waals surface area contributed by atoms with Gasteiger partial charge < -0.3 is 14.0 Å². The van der Waals surface area contributed by atoms with Crippen molar-refractivity contribution in [3.63, 3.8) is 0 Å². The molecule has 0 aromatic rings. The molecule has 0 radical (unpaired) electrons. The summed E-state index contributed by atoms with van der Waals surface area (Å²) in [6.07, 6.45) is 3.69. The number of ether oxygens (including phenoxy) is 1. The Kier molecular flexibility index (Phi) is 4.92. The largest absolute Gasteiger partial charge is 0.405 e. The maximum absolute atomic E-state index is 11.2. The molecule has 1 saturated heterocycles. The van der Waals surface area contributed by atoms with Crippen LogP contribution in [0.25, 0.3) is 0 Å². The van der Waals surface area contributed by atoms with Gasteiger partial charge in [0.15, 0.2) is 8.32 Å². The molecule has 1 heterocycles. The van der Waals surface area contributed by atoms with Gasteiger partial charge in [-0.15, -0.1) is 0 Å². The highest BCUT2D eigenvalue weighted by Gasteiger charge is 2.41. The van der Waals surface area contributed by atoms with Crippen LogP contribution in [0, 0.1) is 0 Å². The Morgan fingerprint density at radius 1 is 1.35 bits per heavy atom. The molecule has 0 unspecified atom stereocenters. The molecule has 1 aliphatic rings. The van der Waals surface area contributed by atoms with Gasteiger partial charge in [0, 0.05) is 6.61 Å². The van der Waals surface area contributed by atoms with Crippen molar-refractivity contribution in [1.82, 2.24) is 0 Å². The number of rotatable bonds is 4. The molecule has 2 atom stereocenters. The summed E-state index contributed by atoms with van der Waals surface area (Å²) < 4.78 is 11.8. The predicted octanol–water partition coefficient (Wildman–Crippen LogP) is 3.14. The zero-order chi connectivity index (χ0) is 13.1. The summed E-state index contributed by atoms with van der Waals surface area (Å²) in [5, 5.41) is 0.128. The predicted molar refractivity (Wildman–Crippen MR) is 71.7 cm³/mol. The van der Waals surface area contributed by atoms with Crippen LogP contribution in [0.1, 0.15) is 40.0 Å². The van der Waals surface area contributed by atoms with Crippen LogP contribution >= 0.6 is 0 Å². The van der Waals surface area contributed by atoms with Crippen LogP contribution < -0.4 is 0 Å². The molecule has 0 spiro atoms. The third-order valence-electron chi connectivity index (χ3n) is 3.95. The lowest BCUT2D eigenvalue weighted by Crippen LogP contribution is -2.48. The van der Waals surface area contributed by atoms with E-state index in [1.165, 1.54) is 0 Å². The lowest BCUT2D eigenvalue weighted by molar-refractivity contribution is -0.124. The third-order valence-corrected chi connectivity index (χ3v) is 8.43. The van der Waals surface area contributed by atoms with E-state index in [9.17, 15) is 4.79 Å². The highest BCUT2D eigenvalue weighted by Crippen LogP contribution is 2.38. The van der Waals surface area contributed by atoms with Crippen molar-refractivity contribution in [3.8, 4) is 0 Å². The molecule has 0 saturated carbocycles. The molecule has 1 rings (SSSR count).